The molecule has 0 fully saturated rings. The first-order chi connectivity index (χ1) is 17.5. The number of nitrogens with one attached hydrogen (secondary N) is 1. The van der Waals surface area contributed by atoms with Gasteiger partial charge in [0.2, 0.25) is 0 Å². The Balaban J connectivity index is 0.00000380. The number of carbonyl (C=O) groups is 1. The molecule has 3 aromatic carbocycles. The van der Waals surface area contributed by atoms with Gasteiger partial charge >= 0.3 is 0 Å². The number of imidazole rings is 1. The Morgan fingerprint density at radius 1 is 0.973 bits per heavy atom. The predicted octanol–water partition coefficient (Wildman–Crippen LogP) is 5.48. The van der Waals surface area contributed by atoms with Gasteiger partial charge in [-0.25, -0.2) is 4.98 Å². The van der Waals surface area contributed by atoms with E-state index in [0.717, 1.165) is 16.8 Å². The molecular formula is C28H28ClN3O5. The fraction of sp³-hybridized carbons (Fsp3) is 0.143. The minimum atomic E-state index is -0.236. The molecule has 4 rings (SSSR count). The van der Waals surface area contributed by atoms with E-state index in [2.05, 4.69) is 9.97 Å². The van der Waals surface area contributed by atoms with Gasteiger partial charge in [0.05, 0.1) is 39.9 Å². The molecule has 4 aromatic rings. The molecule has 37 heavy (non-hydrogen) atoms. The van der Waals surface area contributed by atoms with E-state index >= 15 is 0 Å². The molecular weight excluding hydrogens is 494 g/mol. The fourth-order valence-corrected chi connectivity index (χ4v) is 3.74. The number of nitrogens with zero attached hydrogens (tertiary/aromatic N) is 2. The molecule has 192 valence electrons. The van der Waals surface area contributed by atoms with Gasteiger partial charge in [-0.15, -0.1) is 12.4 Å². The van der Waals surface area contributed by atoms with Crippen molar-refractivity contribution in [3.8, 4) is 34.3 Å². The lowest BCUT2D eigenvalue weighted by molar-refractivity contribution is -0.114. The van der Waals surface area contributed by atoms with E-state index in [4.69, 9.17) is 14.2 Å². The van der Waals surface area contributed by atoms with Crippen LogP contribution in [0.3, 0.4) is 0 Å². The fourth-order valence-electron chi connectivity index (χ4n) is 3.74. The van der Waals surface area contributed by atoms with Crippen molar-refractivity contribution < 1.29 is 24.1 Å². The topological polar surface area (TPSA) is 96.9 Å². The summed E-state index contributed by atoms with van der Waals surface area (Å²) in [5.74, 6) is 1.40. The molecule has 8 nitrogen and oxygen atoms in total. The van der Waals surface area contributed by atoms with Gasteiger partial charge in [-0.3, -0.25) is 4.79 Å². The van der Waals surface area contributed by atoms with Crippen LogP contribution >= 0.6 is 12.4 Å². The molecule has 1 heterocycles. The predicted molar refractivity (Wildman–Crippen MR) is 146 cm³/mol. The van der Waals surface area contributed by atoms with Gasteiger partial charge in [0, 0.05) is 29.6 Å². The number of rotatable bonds is 9. The molecule has 0 unspecified atom stereocenters. The molecule has 0 bridgehead atoms. The zero-order valence-electron chi connectivity index (χ0n) is 20.7. The minimum absolute atomic E-state index is 0. The minimum Gasteiger partial charge on any atom is -0.504 e. The third kappa shape index (κ3) is 6.62. The Bertz CT molecular complexity index is 1330. The van der Waals surface area contributed by atoms with Crippen LogP contribution in [0.25, 0.3) is 17.3 Å². The van der Waals surface area contributed by atoms with Gasteiger partial charge in [-0.1, -0.05) is 18.2 Å². The van der Waals surface area contributed by atoms with Crippen molar-refractivity contribution in [3.63, 3.8) is 0 Å². The number of methoxy groups -OCH3 is 3. The number of phenolic OH excluding ortho intramolecular Hbond substituents is 1. The van der Waals surface area contributed by atoms with Gasteiger partial charge in [0.15, 0.2) is 11.5 Å². The van der Waals surface area contributed by atoms with Crippen LogP contribution in [0.2, 0.25) is 0 Å². The number of anilines is 1. The first kappa shape index (κ1) is 27.2. The van der Waals surface area contributed by atoms with Crippen molar-refractivity contribution in [2.45, 2.75) is 6.54 Å². The standard InChI is InChI=1S/C28H27N3O5.ClH/c1-34-23-12-20(13-24(15-23)35-2)17-31(22-8-6-21(7-9-22)25-16-29-18-30-25)28(33)11-5-19-4-10-27(36-3)26(32)14-19;/h4-16,18,32H,17H2,1-3H3,(H,29,30);1H/b11-5+;. The second-order valence-electron chi connectivity index (χ2n) is 7.91. The number of ether oxygens (including phenoxy) is 3. The van der Waals surface area contributed by atoms with E-state index in [9.17, 15) is 9.90 Å². The lowest BCUT2D eigenvalue weighted by atomic mass is 10.1. The zero-order valence-corrected chi connectivity index (χ0v) is 21.5. The first-order valence-corrected chi connectivity index (χ1v) is 11.2. The summed E-state index contributed by atoms with van der Waals surface area (Å²) in [4.78, 5) is 22.3. The highest BCUT2D eigenvalue weighted by Crippen LogP contribution is 2.29. The molecule has 0 aliphatic carbocycles. The van der Waals surface area contributed by atoms with E-state index < -0.39 is 0 Å². The number of benzene rings is 3. The summed E-state index contributed by atoms with van der Waals surface area (Å²) in [5, 5.41) is 10.1. The Hall–Kier alpha value is -4.43. The summed E-state index contributed by atoms with van der Waals surface area (Å²) >= 11 is 0. The maximum atomic E-state index is 13.4. The Labute approximate surface area is 221 Å². The molecule has 0 aliphatic rings. The molecule has 0 radical (unpaired) electrons. The third-order valence-corrected chi connectivity index (χ3v) is 5.61. The second kappa shape index (κ2) is 12.5. The van der Waals surface area contributed by atoms with Crippen molar-refractivity contribution in [2.75, 3.05) is 26.2 Å². The molecule has 1 aromatic heterocycles. The average Bonchev–Trinajstić information content (AvgIpc) is 3.45. The van der Waals surface area contributed by atoms with Crippen LogP contribution in [-0.4, -0.2) is 42.3 Å². The van der Waals surface area contributed by atoms with E-state index in [1.54, 1.807) is 55.8 Å². The number of aromatic amines is 1. The maximum absolute atomic E-state index is 13.4. The van der Waals surface area contributed by atoms with Crippen LogP contribution in [0.15, 0.2) is 79.3 Å². The number of amides is 1. The first-order valence-electron chi connectivity index (χ1n) is 11.2. The third-order valence-electron chi connectivity index (χ3n) is 5.61. The number of halogens is 1. The molecule has 2 N–H and O–H groups in total. The summed E-state index contributed by atoms with van der Waals surface area (Å²) in [6, 6.07) is 18.1. The van der Waals surface area contributed by atoms with Crippen molar-refractivity contribution in [1.82, 2.24) is 9.97 Å². The molecule has 0 saturated heterocycles. The van der Waals surface area contributed by atoms with Crippen molar-refractivity contribution in [1.29, 1.82) is 0 Å². The number of H-pyrrole nitrogens is 1. The number of hydrogen-bond donors (Lipinski definition) is 2. The van der Waals surface area contributed by atoms with Gasteiger partial charge in [0.25, 0.3) is 5.91 Å². The highest BCUT2D eigenvalue weighted by molar-refractivity contribution is 6.04. The average molecular weight is 522 g/mol. The smallest absolute Gasteiger partial charge is 0.251 e. The molecule has 0 atom stereocenters. The maximum Gasteiger partial charge on any atom is 0.251 e. The highest BCUT2D eigenvalue weighted by Gasteiger charge is 2.16. The molecule has 9 heteroatoms. The van der Waals surface area contributed by atoms with Gasteiger partial charge in [-0.05, 0) is 53.6 Å². The van der Waals surface area contributed by atoms with Crippen LogP contribution in [0, 0.1) is 0 Å². The van der Waals surface area contributed by atoms with E-state index in [1.807, 2.05) is 42.6 Å². The van der Waals surface area contributed by atoms with Crippen molar-refractivity contribution in [2.24, 2.45) is 0 Å². The number of hydrogen-bond acceptors (Lipinski definition) is 6. The van der Waals surface area contributed by atoms with Crippen LogP contribution < -0.4 is 19.1 Å². The van der Waals surface area contributed by atoms with Crippen LogP contribution in [0.1, 0.15) is 11.1 Å². The van der Waals surface area contributed by atoms with Crippen molar-refractivity contribution >= 4 is 30.1 Å². The van der Waals surface area contributed by atoms with E-state index in [-0.39, 0.29) is 30.6 Å². The zero-order chi connectivity index (χ0) is 25.5. The van der Waals surface area contributed by atoms with Gasteiger partial charge in [-0.2, -0.15) is 0 Å². The summed E-state index contributed by atoms with van der Waals surface area (Å²) < 4.78 is 15.9. The van der Waals surface area contributed by atoms with Crippen LogP contribution in [0.4, 0.5) is 5.69 Å². The van der Waals surface area contributed by atoms with Crippen LogP contribution in [0.5, 0.6) is 23.0 Å². The highest BCUT2D eigenvalue weighted by atomic mass is 35.5. The molecule has 0 aliphatic heterocycles. The monoisotopic (exact) mass is 521 g/mol. The molecule has 1 amide bonds. The number of aromatic nitrogens is 2. The Kier molecular flexibility index (Phi) is 9.18. The largest absolute Gasteiger partial charge is 0.504 e. The summed E-state index contributed by atoms with van der Waals surface area (Å²) in [7, 11) is 4.65. The lowest BCUT2D eigenvalue weighted by Gasteiger charge is -2.22. The molecule has 0 spiro atoms. The summed E-state index contributed by atoms with van der Waals surface area (Å²) in [5.41, 5.74) is 3.96. The lowest BCUT2D eigenvalue weighted by Crippen LogP contribution is -2.28. The summed E-state index contributed by atoms with van der Waals surface area (Å²) in [6.07, 6.45) is 6.56. The van der Waals surface area contributed by atoms with Gasteiger partial charge < -0.3 is 29.2 Å². The van der Waals surface area contributed by atoms with E-state index in [1.165, 1.54) is 13.2 Å². The normalized spacial score (nSPS) is 10.6. The number of carbonyl (C=O) groups excluding carboxylic acids is 1. The van der Waals surface area contributed by atoms with Crippen molar-refractivity contribution in [3.05, 3.63) is 90.4 Å². The Morgan fingerprint density at radius 3 is 2.24 bits per heavy atom. The number of aromatic hydroxyl groups is 1. The quantitative estimate of drug-likeness (QED) is 0.283. The van der Waals surface area contributed by atoms with Crippen LogP contribution in [-0.2, 0) is 11.3 Å². The SMILES string of the molecule is COc1cc(CN(C(=O)/C=C/c2ccc(OC)c(O)c2)c2ccc(-c3c[nH]cn3)cc2)cc(OC)c1.Cl. The second-order valence-corrected chi connectivity index (χ2v) is 7.91. The van der Waals surface area contributed by atoms with E-state index in [0.29, 0.717) is 28.5 Å². The molecule has 0 saturated carbocycles. The van der Waals surface area contributed by atoms with Gasteiger partial charge in [0.1, 0.15) is 11.5 Å². The number of phenols is 1. The summed E-state index contributed by atoms with van der Waals surface area (Å²) in [6.45, 7) is 0.284. The Morgan fingerprint density at radius 2 is 1.68 bits per heavy atom.